The zero-order chi connectivity index (χ0) is 19.7. The van der Waals surface area contributed by atoms with Gasteiger partial charge < -0.3 is 9.64 Å². The third-order valence-corrected chi connectivity index (χ3v) is 6.55. The fourth-order valence-electron chi connectivity index (χ4n) is 4.61. The Bertz CT molecular complexity index is 915. The molecular formula is C22H28N2O3S. The van der Waals surface area contributed by atoms with Crippen molar-refractivity contribution >= 4 is 15.7 Å². The Labute approximate surface area is 167 Å². The highest BCUT2D eigenvalue weighted by Crippen LogP contribution is 2.58. The second-order valence-corrected chi connectivity index (χ2v) is 9.81. The highest BCUT2D eigenvalue weighted by atomic mass is 32.2. The second kappa shape index (κ2) is 7.76. The van der Waals surface area contributed by atoms with E-state index in [1.54, 1.807) is 7.11 Å². The minimum atomic E-state index is -3.23. The summed E-state index contributed by atoms with van der Waals surface area (Å²) in [4.78, 5) is 2.58. The summed E-state index contributed by atoms with van der Waals surface area (Å²) in [6, 6.07) is 16.2. The summed E-state index contributed by atoms with van der Waals surface area (Å²) in [5.41, 5.74) is 3.29. The molecule has 1 N–H and O–H groups in total. The van der Waals surface area contributed by atoms with E-state index in [1.807, 2.05) is 30.3 Å². The quantitative estimate of drug-likeness (QED) is 0.738. The fourth-order valence-corrected chi connectivity index (χ4v) is 5.17. The molecule has 1 aliphatic carbocycles. The lowest BCUT2D eigenvalue weighted by atomic mass is 10.1. The minimum absolute atomic E-state index is 0.583. The lowest BCUT2D eigenvalue weighted by Gasteiger charge is -2.19. The van der Waals surface area contributed by atoms with E-state index in [4.69, 9.17) is 4.74 Å². The highest BCUT2D eigenvalue weighted by Gasteiger charge is 2.55. The summed E-state index contributed by atoms with van der Waals surface area (Å²) in [7, 11) is -1.54. The topological polar surface area (TPSA) is 58.6 Å². The van der Waals surface area contributed by atoms with Gasteiger partial charge >= 0.3 is 0 Å². The molecule has 2 aromatic rings. The first-order valence-corrected chi connectivity index (χ1v) is 11.7. The predicted molar refractivity (Wildman–Crippen MR) is 112 cm³/mol. The van der Waals surface area contributed by atoms with E-state index in [0.29, 0.717) is 11.6 Å². The predicted octanol–water partition coefficient (Wildman–Crippen LogP) is 3.34. The Morgan fingerprint density at radius 1 is 1.11 bits per heavy atom. The number of anilines is 1. The minimum Gasteiger partial charge on any atom is -0.497 e. The van der Waals surface area contributed by atoms with Crippen molar-refractivity contribution in [2.75, 3.05) is 37.7 Å². The van der Waals surface area contributed by atoms with Crippen LogP contribution in [0.4, 0.5) is 5.69 Å². The maximum absolute atomic E-state index is 11.4. The number of likely N-dealkylation sites (tertiary alicyclic amines) is 1. The Morgan fingerprint density at radius 3 is 2.46 bits per heavy atom. The van der Waals surface area contributed by atoms with Crippen LogP contribution in [0.15, 0.2) is 48.5 Å². The number of nitrogens with zero attached hydrogens (tertiary/aromatic N) is 1. The molecule has 0 aromatic heterocycles. The lowest BCUT2D eigenvalue weighted by molar-refractivity contribution is 0.294. The average Bonchev–Trinajstić information content (AvgIpc) is 3.16. The lowest BCUT2D eigenvalue weighted by Crippen LogP contribution is -2.25. The standard InChI is InChI=1S/C22H28N2O3S/c1-27-19-10-8-16(9-11-19)5-4-12-24-14-20-21(15-24)22(20)17-6-3-7-18(13-17)23-28(2,25)26/h3,6-11,13,20-23H,4-5,12,14-15H2,1-2H3. The average molecular weight is 401 g/mol. The van der Waals surface area contributed by atoms with Gasteiger partial charge in [0.15, 0.2) is 0 Å². The number of ether oxygens (including phenoxy) is 1. The zero-order valence-electron chi connectivity index (χ0n) is 16.5. The molecule has 0 radical (unpaired) electrons. The van der Waals surface area contributed by atoms with Crippen LogP contribution in [0, 0.1) is 11.8 Å². The Kier molecular flexibility index (Phi) is 5.34. The van der Waals surface area contributed by atoms with Crippen LogP contribution < -0.4 is 9.46 Å². The van der Waals surface area contributed by atoms with Crippen molar-refractivity contribution < 1.29 is 13.2 Å². The van der Waals surface area contributed by atoms with E-state index in [9.17, 15) is 8.42 Å². The number of methoxy groups -OCH3 is 1. The van der Waals surface area contributed by atoms with E-state index in [0.717, 1.165) is 43.6 Å². The molecule has 6 heteroatoms. The molecule has 4 rings (SSSR count). The van der Waals surface area contributed by atoms with Gasteiger partial charge in [0.1, 0.15) is 5.75 Å². The number of benzene rings is 2. The van der Waals surface area contributed by atoms with E-state index < -0.39 is 10.0 Å². The SMILES string of the molecule is COc1ccc(CCCN2CC3C(C2)C3c2cccc(NS(C)(=O)=O)c2)cc1. The van der Waals surface area contributed by atoms with Gasteiger partial charge in [-0.1, -0.05) is 24.3 Å². The van der Waals surface area contributed by atoms with Crippen molar-refractivity contribution in [3.8, 4) is 5.75 Å². The largest absolute Gasteiger partial charge is 0.497 e. The Hall–Kier alpha value is -2.05. The van der Waals surface area contributed by atoms with Gasteiger partial charge in [-0.05, 0) is 72.5 Å². The molecule has 5 nitrogen and oxygen atoms in total. The van der Waals surface area contributed by atoms with E-state index >= 15 is 0 Å². The van der Waals surface area contributed by atoms with Crippen LogP contribution in [0.5, 0.6) is 5.75 Å². The number of rotatable bonds is 8. The van der Waals surface area contributed by atoms with Crippen molar-refractivity contribution in [3.05, 3.63) is 59.7 Å². The van der Waals surface area contributed by atoms with Crippen molar-refractivity contribution in [1.82, 2.24) is 4.90 Å². The number of hydrogen-bond donors (Lipinski definition) is 1. The fraction of sp³-hybridized carbons (Fsp3) is 0.455. The Morgan fingerprint density at radius 2 is 1.82 bits per heavy atom. The maximum atomic E-state index is 11.4. The van der Waals surface area contributed by atoms with Crippen LogP contribution in [0.3, 0.4) is 0 Å². The summed E-state index contributed by atoms with van der Waals surface area (Å²) in [5.74, 6) is 2.92. The van der Waals surface area contributed by atoms with Crippen LogP contribution >= 0.6 is 0 Å². The van der Waals surface area contributed by atoms with Gasteiger partial charge in [0.2, 0.25) is 10.0 Å². The number of nitrogens with one attached hydrogen (secondary N) is 1. The summed E-state index contributed by atoms with van der Waals surface area (Å²) in [6.45, 7) is 3.45. The van der Waals surface area contributed by atoms with E-state index in [1.165, 1.54) is 23.8 Å². The van der Waals surface area contributed by atoms with Gasteiger partial charge in [0.25, 0.3) is 0 Å². The summed E-state index contributed by atoms with van der Waals surface area (Å²) in [6.07, 6.45) is 3.46. The molecule has 2 aromatic carbocycles. The second-order valence-electron chi connectivity index (χ2n) is 8.06. The maximum Gasteiger partial charge on any atom is 0.229 e. The molecule has 28 heavy (non-hydrogen) atoms. The van der Waals surface area contributed by atoms with Crippen LogP contribution in [0.2, 0.25) is 0 Å². The van der Waals surface area contributed by atoms with Crippen LogP contribution in [-0.2, 0) is 16.4 Å². The van der Waals surface area contributed by atoms with Crippen molar-refractivity contribution in [3.63, 3.8) is 0 Å². The molecule has 2 atom stereocenters. The molecule has 1 aliphatic heterocycles. The summed E-state index contributed by atoms with van der Waals surface area (Å²) < 4.78 is 30.7. The zero-order valence-corrected chi connectivity index (χ0v) is 17.3. The summed E-state index contributed by atoms with van der Waals surface area (Å²) >= 11 is 0. The van der Waals surface area contributed by atoms with Crippen LogP contribution in [-0.4, -0.2) is 46.3 Å². The number of hydrogen-bond acceptors (Lipinski definition) is 4. The van der Waals surface area contributed by atoms with Crippen LogP contribution in [0.1, 0.15) is 23.5 Å². The molecule has 0 bridgehead atoms. The van der Waals surface area contributed by atoms with Crippen molar-refractivity contribution in [1.29, 1.82) is 0 Å². The molecular weight excluding hydrogens is 372 g/mol. The smallest absolute Gasteiger partial charge is 0.229 e. The molecule has 2 aliphatic rings. The number of aryl methyl sites for hydroxylation is 1. The first-order chi connectivity index (χ1) is 13.4. The van der Waals surface area contributed by atoms with E-state index in [-0.39, 0.29) is 0 Å². The molecule has 0 amide bonds. The third-order valence-electron chi connectivity index (χ3n) is 5.94. The summed E-state index contributed by atoms with van der Waals surface area (Å²) in [5, 5.41) is 0. The van der Waals surface area contributed by atoms with Gasteiger partial charge in [-0.3, -0.25) is 4.72 Å². The first-order valence-electron chi connectivity index (χ1n) is 9.86. The molecule has 1 saturated carbocycles. The molecule has 150 valence electrons. The van der Waals surface area contributed by atoms with Gasteiger partial charge in [-0.2, -0.15) is 0 Å². The van der Waals surface area contributed by atoms with Crippen LogP contribution in [0.25, 0.3) is 0 Å². The molecule has 0 spiro atoms. The third kappa shape index (κ3) is 4.50. The number of piperidine rings is 1. The van der Waals surface area contributed by atoms with Crippen molar-refractivity contribution in [2.45, 2.75) is 18.8 Å². The first kappa shape index (κ1) is 19.3. The van der Waals surface area contributed by atoms with Gasteiger partial charge in [-0.25, -0.2) is 8.42 Å². The van der Waals surface area contributed by atoms with E-state index in [2.05, 4.69) is 27.8 Å². The number of sulfonamides is 1. The normalized spacial score (nSPS) is 24.0. The molecule has 1 heterocycles. The van der Waals surface area contributed by atoms with Crippen molar-refractivity contribution in [2.24, 2.45) is 11.8 Å². The number of fused-ring (bicyclic) bond motifs is 1. The van der Waals surface area contributed by atoms with Gasteiger partial charge in [0.05, 0.1) is 13.4 Å². The monoisotopic (exact) mass is 400 g/mol. The molecule has 2 fully saturated rings. The Balaban J connectivity index is 1.25. The van der Waals surface area contributed by atoms with Gasteiger partial charge in [0, 0.05) is 18.8 Å². The molecule has 2 unspecified atom stereocenters. The van der Waals surface area contributed by atoms with Gasteiger partial charge in [-0.15, -0.1) is 0 Å². The molecule has 1 saturated heterocycles. The highest BCUT2D eigenvalue weighted by molar-refractivity contribution is 7.92.